The second kappa shape index (κ2) is 7.38. The van der Waals surface area contributed by atoms with E-state index >= 15 is 0 Å². The van der Waals surface area contributed by atoms with Gasteiger partial charge in [0, 0.05) is 11.1 Å². The van der Waals surface area contributed by atoms with Gasteiger partial charge < -0.3 is 19.7 Å². The van der Waals surface area contributed by atoms with E-state index in [9.17, 15) is 19.8 Å². The molecule has 6 nitrogen and oxygen atoms in total. The highest BCUT2D eigenvalue weighted by atomic mass is 16.8. The Labute approximate surface area is 125 Å². The molecule has 1 atom stereocenters. The highest BCUT2D eigenvalue weighted by molar-refractivity contribution is 5.88. The molecule has 0 saturated heterocycles. The van der Waals surface area contributed by atoms with Crippen LogP contribution >= 0.6 is 0 Å². The fourth-order valence-electron chi connectivity index (χ4n) is 1.67. The minimum absolute atomic E-state index is 0.0231. The first kappa shape index (κ1) is 19.3. The van der Waals surface area contributed by atoms with Crippen LogP contribution < -0.4 is 0 Å². The summed E-state index contributed by atoms with van der Waals surface area (Å²) in [4.78, 5) is 23.2. The summed E-state index contributed by atoms with van der Waals surface area (Å²) >= 11 is 0. The fraction of sp³-hybridized carbons (Fsp3) is 0.600. The molecule has 0 aliphatic heterocycles. The van der Waals surface area contributed by atoms with E-state index in [-0.39, 0.29) is 11.1 Å². The second-order valence-corrected chi connectivity index (χ2v) is 5.48. The summed E-state index contributed by atoms with van der Waals surface area (Å²) in [6.07, 6.45) is 0.475. The third-order valence-corrected chi connectivity index (χ3v) is 2.59. The summed E-state index contributed by atoms with van der Waals surface area (Å²) in [5.74, 6) is -4.44. The van der Waals surface area contributed by atoms with E-state index in [1.54, 1.807) is 0 Å². The van der Waals surface area contributed by atoms with Gasteiger partial charge in [0.25, 0.3) is 0 Å². The molecule has 2 N–H and O–H groups in total. The van der Waals surface area contributed by atoms with Crippen LogP contribution in [0.25, 0.3) is 0 Å². The first-order valence-electron chi connectivity index (χ1n) is 6.65. The lowest BCUT2D eigenvalue weighted by atomic mass is 9.95. The Morgan fingerprint density at radius 2 is 1.43 bits per heavy atom. The molecule has 0 amide bonds. The van der Waals surface area contributed by atoms with Gasteiger partial charge in [-0.2, -0.15) is 0 Å². The number of rotatable bonds is 8. The van der Waals surface area contributed by atoms with E-state index in [2.05, 4.69) is 13.2 Å². The molecule has 0 heterocycles. The lowest BCUT2D eigenvalue weighted by Gasteiger charge is -2.33. The maximum absolute atomic E-state index is 11.6. The zero-order chi connectivity index (χ0) is 16.8. The average Bonchev–Trinajstić information content (AvgIpc) is 2.26. The largest absolute Gasteiger partial charge is 0.394 e. The van der Waals surface area contributed by atoms with Crippen molar-refractivity contribution in [2.45, 2.75) is 58.5 Å². The summed E-state index contributed by atoms with van der Waals surface area (Å²) in [5.41, 5.74) is -1.33. The van der Waals surface area contributed by atoms with Crippen LogP contribution in [-0.2, 0) is 19.1 Å². The Kier molecular flexibility index (Phi) is 6.79. The third kappa shape index (κ3) is 7.06. The van der Waals surface area contributed by atoms with E-state index < -0.39 is 29.9 Å². The maximum Gasteiger partial charge on any atom is 0.376 e. The molecular weight excluding hydrogens is 276 g/mol. The van der Waals surface area contributed by atoms with Crippen LogP contribution in [0.1, 0.15) is 47.0 Å². The molecule has 21 heavy (non-hydrogen) atoms. The minimum atomic E-state index is -2.58. The molecule has 0 aliphatic carbocycles. The van der Waals surface area contributed by atoms with Gasteiger partial charge in [-0.15, -0.1) is 0 Å². The van der Waals surface area contributed by atoms with Crippen molar-refractivity contribution in [2.75, 3.05) is 0 Å². The SMILES string of the molecule is C=C(C)C(=O)OC(O)(CC(C)(O)CCC)OC(=O)C(=C)C. The smallest absolute Gasteiger partial charge is 0.376 e. The quantitative estimate of drug-likeness (QED) is 0.403. The van der Waals surface area contributed by atoms with Gasteiger partial charge in [0.2, 0.25) is 0 Å². The molecule has 0 spiro atoms. The van der Waals surface area contributed by atoms with Crippen molar-refractivity contribution in [3.8, 4) is 0 Å². The molecule has 0 saturated carbocycles. The highest BCUT2D eigenvalue weighted by Gasteiger charge is 2.43. The Hall–Kier alpha value is -1.66. The van der Waals surface area contributed by atoms with Crippen molar-refractivity contribution < 1.29 is 29.3 Å². The molecular formula is C15H24O6. The molecule has 0 fully saturated rings. The zero-order valence-corrected chi connectivity index (χ0v) is 13.1. The Balaban J connectivity index is 5.24. The first-order chi connectivity index (χ1) is 9.42. The number of hydrogen-bond acceptors (Lipinski definition) is 6. The Bertz CT molecular complexity index is 407. The van der Waals surface area contributed by atoms with Crippen molar-refractivity contribution in [3.63, 3.8) is 0 Å². The van der Waals surface area contributed by atoms with Crippen molar-refractivity contribution in [3.05, 3.63) is 24.3 Å². The van der Waals surface area contributed by atoms with Crippen molar-refractivity contribution in [2.24, 2.45) is 0 Å². The lowest BCUT2D eigenvalue weighted by Crippen LogP contribution is -2.46. The topological polar surface area (TPSA) is 93.1 Å². The second-order valence-electron chi connectivity index (χ2n) is 5.48. The molecule has 6 heteroatoms. The van der Waals surface area contributed by atoms with Crippen LogP contribution in [-0.4, -0.2) is 33.7 Å². The van der Waals surface area contributed by atoms with Crippen LogP contribution in [0.3, 0.4) is 0 Å². The van der Waals surface area contributed by atoms with E-state index in [1.165, 1.54) is 20.8 Å². The summed E-state index contributed by atoms with van der Waals surface area (Å²) in [6, 6.07) is 0. The Morgan fingerprint density at radius 1 is 1.05 bits per heavy atom. The van der Waals surface area contributed by atoms with Crippen LogP contribution in [0.5, 0.6) is 0 Å². The van der Waals surface area contributed by atoms with Gasteiger partial charge in [0.1, 0.15) is 0 Å². The molecule has 0 aliphatic rings. The molecule has 0 aromatic rings. The predicted molar refractivity (Wildman–Crippen MR) is 76.9 cm³/mol. The van der Waals surface area contributed by atoms with E-state index in [1.807, 2.05) is 6.92 Å². The lowest BCUT2D eigenvalue weighted by molar-refractivity contribution is -0.337. The molecule has 0 rings (SSSR count). The summed E-state index contributed by atoms with van der Waals surface area (Å²) in [6.45, 7) is 12.8. The molecule has 0 aromatic carbocycles. The summed E-state index contributed by atoms with van der Waals surface area (Å²) in [5, 5.41) is 20.4. The number of carbonyl (C=O) groups is 2. The van der Waals surface area contributed by atoms with E-state index in [4.69, 9.17) is 9.47 Å². The number of carbonyl (C=O) groups excluding carboxylic acids is 2. The molecule has 1 unspecified atom stereocenters. The van der Waals surface area contributed by atoms with Crippen molar-refractivity contribution in [1.29, 1.82) is 0 Å². The van der Waals surface area contributed by atoms with Gasteiger partial charge in [0.05, 0.1) is 12.0 Å². The summed E-state index contributed by atoms with van der Waals surface area (Å²) in [7, 11) is 0. The number of aliphatic hydroxyl groups is 2. The summed E-state index contributed by atoms with van der Waals surface area (Å²) < 4.78 is 9.55. The number of ether oxygens (including phenoxy) is 2. The first-order valence-corrected chi connectivity index (χ1v) is 6.65. The Morgan fingerprint density at radius 3 is 1.71 bits per heavy atom. The van der Waals surface area contributed by atoms with Crippen LogP contribution in [0, 0.1) is 0 Å². The predicted octanol–water partition coefficient (Wildman–Crippen LogP) is 1.81. The molecule has 0 aromatic heterocycles. The standard InChI is InChI=1S/C15H24O6/c1-7-8-14(6,18)9-15(19,20-12(16)10(2)3)21-13(17)11(4)5/h18-19H,2,4,7-9H2,1,3,5-6H3. The van der Waals surface area contributed by atoms with Gasteiger partial charge in [-0.1, -0.05) is 26.5 Å². The normalized spacial score (nSPS) is 14.0. The van der Waals surface area contributed by atoms with Gasteiger partial charge in [-0.3, -0.25) is 0 Å². The number of esters is 2. The van der Waals surface area contributed by atoms with E-state index in [0.717, 1.165) is 0 Å². The van der Waals surface area contributed by atoms with Crippen molar-refractivity contribution >= 4 is 11.9 Å². The van der Waals surface area contributed by atoms with Gasteiger partial charge in [-0.25, -0.2) is 9.59 Å². The number of hydrogen-bond donors (Lipinski definition) is 2. The monoisotopic (exact) mass is 300 g/mol. The minimum Gasteiger partial charge on any atom is -0.394 e. The van der Waals surface area contributed by atoms with Crippen molar-refractivity contribution in [1.82, 2.24) is 0 Å². The van der Waals surface area contributed by atoms with Gasteiger partial charge in [-0.05, 0) is 27.2 Å². The fourth-order valence-corrected chi connectivity index (χ4v) is 1.67. The van der Waals surface area contributed by atoms with Crippen LogP contribution in [0.4, 0.5) is 0 Å². The van der Waals surface area contributed by atoms with E-state index in [0.29, 0.717) is 12.8 Å². The molecule has 0 radical (unpaired) electrons. The van der Waals surface area contributed by atoms with Crippen LogP contribution in [0.15, 0.2) is 24.3 Å². The third-order valence-electron chi connectivity index (χ3n) is 2.59. The zero-order valence-electron chi connectivity index (χ0n) is 13.1. The molecule has 0 bridgehead atoms. The maximum atomic E-state index is 11.6. The average molecular weight is 300 g/mol. The van der Waals surface area contributed by atoms with Gasteiger partial charge in [0.15, 0.2) is 0 Å². The van der Waals surface area contributed by atoms with Gasteiger partial charge >= 0.3 is 17.9 Å². The molecule has 120 valence electrons. The highest BCUT2D eigenvalue weighted by Crippen LogP contribution is 2.28. The van der Waals surface area contributed by atoms with Crippen LogP contribution in [0.2, 0.25) is 0 Å².